The van der Waals surface area contributed by atoms with Crippen LogP contribution in [-0.4, -0.2) is 25.7 Å². The molecule has 0 atom stereocenters. The van der Waals surface area contributed by atoms with Gasteiger partial charge in [0.2, 0.25) is 0 Å². The smallest absolute Gasteiger partial charge is 0.258 e. The lowest BCUT2D eigenvalue weighted by molar-refractivity contribution is 0.102. The van der Waals surface area contributed by atoms with Crippen LogP contribution in [0.1, 0.15) is 41.4 Å². The summed E-state index contributed by atoms with van der Waals surface area (Å²) < 4.78 is 1.72. The van der Waals surface area contributed by atoms with Crippen LogP contribution < -0.4 is 5.32 Å². The second-order valence-electron chi connectivity index (χ2n) is 7.08. The summed E-state index contributed by atoms with van der Waals surface area (Å²) in [6.45, 7) is 4.73. The third-order valence-corrected chi connectivity index (χ3v) is 5.13. The van der Waals surface area contributed by atoms with Crippen LogP contribution in [0.5, 0.6) is 0 Å². The molecule has 4 aromatic rings. The van der Waals surface area contributed by atoms with Crippen LogP contribution in [0, 0.1) is 0 Å². The minimum Gasteiger partial charge on any atom is -0.322 e. The predicted molar refractivity (Wildman–Crippen MR) is 114 cm³/mol. The van der Waals surface area contributed by atoms with Crippen LogP contribution in [0.2, 0.25) is 5.02 Å². The molecule has 0 unspecified atom stereocenters. The van der Waals surface area contributed by atoms with E-state index in [1.165, 1.54) is 11.8 Å². The molecule has 0 fully saturated rings. The van der Waals surface area contributed by atoms with E-state index < -0.39 is 0 Å². The Labute approximate surface area is 173 Å². The fourth-order valence-electron chi connectivity index (χ4n) is 3.07. The number of carbonyl (C=O) groups excluding carboxylic acids is 1. The van der Waals surface area contributed by atoms with Crippen molar-refractivity contribution in [1.29, 1.82) is 0 Å². The van der Waals surface area contributed by atoms with Gasteiger partial charge in [-0.2, -0.15) is 5.10 Å². The second kappa shape index (κ2) is 8.01. The number of anilines is 1. The SMILES string of the molecule is CC(C)c1ccc(NC(=O)c2cnc3c(cnn3Cc3ccccn3)c2Cl)cc1. The van der Waals surface area contributed by atoms with E-state index in [4.69, 9.17) is 11.6 Å². The van der Waals surface area contributed by atoms with E-state index in [1.54, 1.807) is 17.1 Å². The number of nitrogens with one attached hydrogen (secondary N) is 1. The normalized spacial score (nSPS) is 11.2. The molecule has 0 bridgehead atoms. The van der Waals surface area contributed by atoms with Crippen molar-refractivity contribution >= 4 is 34.2 Å². The summed E-state index contributed by atoms with van der Waals surface area (Å²) in [5.41, 5.74) is 3.70. The Morgan fingerprint density at radius 1 is 1.10 bits per heavy atom. The number of amides is 1. The van der Waals surface area contributed by atoms with Crippen molar-refractivity contribution in [1.82, 2.24) is 19.7 Å². The number of pyridine rings is 2. The van der Waals surface area contributed by atoms with Crippen molar-refractivity contribution in [3.63, 3.8) is 0 Å². The molecular weight excluding hydrogens is 386 g/mol. The molecule has 0 aliphatic carbocycles. The van der Waals surface area contributed by atoms with Gasteiger partial charge in [-0.15, -0.1) is 0 Å². The fraction of sp³-hybridized carbons (Fsp3) is 0.182. The van der Waals surface area contributed by atoms with Gasteiger partial charge < -0.3 is 5.32 Å². The fourth-order valence-corrected chi connectivity index (χ4v) is 3.33. The van der Waals surface area contributed by atoms with Gasteiger partial charge in [0.25, 0.3) is 5.91 Å². The largest absolute Gasteiger partial charge is 0.322 e. The number of halogens is 1. The molecule has 1 amide bonds. The molecule has 1 aromatic carbocycles. The summed E-state index contributed by atoms with van der Waals surface area (Å²) in [6.07, 6.45) is 4.85. The van der Waals surface area contributed by atoms with E-state index in [0.29, 0.717) is 39.8 Å². The highest BCUT2D eigenvalue weighted by atomic mass is 35.5. The number of benzene rings is 1. The summed E-state index contributed by atoms with van der Waals surface area (Å²) in [7, 11) is 0. The third kappa shape index (κ3) is 3.98. The zero-order valence-electron chi connectivity index (χ0n) is 16.1. The number of hydrogen-bond donors (Lipinski definition) is 1. The number of aromatic nitrogens is 4. The summed E-state index contributed by atoms with van der Waals surface area (Å²) in [4.78, 5) is 21.5. The molecule has 0 spiro atoms. The average molecular weight is 406 g/mol. The zero-order chi connectivity index (χ0) is 20.4. The van der Waals surface area contributed by atoms with E-state index in [9.17, 15) is 4.79 Å². The Kier molecular flexibility index (Phi) is 5.27. The highest BCUT2D eigenvalue weighted by molar-refractivity contribution is 6.38. The van der Waals surface area contributed by atoms with Gasteiger partial charge in [-0.05, 0) is 35.7 Å². The number of rotatable bonds is 5. The molecule has 1 N–H and O–H groups in total. The van der Waals surface area contributed by atoms with Crippen molar-refractivity contribution in [3.05, 3.63) is 82.9 Å². The van der Waals surface area contributed by atoms with E-state index in [1.807, 2.05) is 42.5 Å². The molecule has 3 heterocycles. The first-order valence-corrected chi connectivity index (χ1v) is 9.72. The molecule has 0 aliphatic heterocycles. The molecule has 6 nitrogen and oxygen atoms in total. The van der Waals surface area contributed by atoms with E-state index >= 15 is 0 Å². The van der Waals surface area contributed by atoms with Crippen LogP contribution in [-0.2, 0) is 6.54 Å². The Balaban J connectivity index is 1.58. The molecule has 0 saturated carbocycles. The van der Waals surface area contributed by atoms with E-state index in [-0.39, 0.29) is 5.91 Å². The highest BCUT2D eigenvalue weighted by Gasteiger charge is 2.17. The summed E-state index contributed by atoms with van der Waals surface area (Å²) in [5, 5.41) is 8.20. The van der Waals surface area contributed by atoms with Crippen molar-refractivity contribution in [2.45, 2.75) is 26.3 Å². The predicted octanol–water partition coefficient (Wildman–Crippen LogP) is 4.90. The molecule has 3 aromatic heterocycles. The third-order valence-electron chi connectivity index (χ3n) is 4.72. The van der Waals surface area contributed by atoms with E-state index in [2.05, 4.69) is 34.2 Å². The summed E-state index contributed by atoms with van der Waals surface area (Å²) in [6, 6.07) is 13.5. The van der Waals surface area contributed by atoms with Gasteiger partial charge in [-0.25, -0.2) is 9.67 Å². The van der Waals surface area contributed by atoms with Crippen molar-refractivity contribution in [2.24, 2.45) is 0 Å². The minimum absolute atomic E-state index is 0.306. The summed E-state index contributed by atoms with van der Waals surface area (Å²) in [5.74, 6) is 0.127. The molecule has 29 heavy (non-hydrogen) atoms. The molecule has 0 radical (unpaired) electrons. The number of hydrogen-bond acceptors (Lipinski definition) is 4. The molecule has 0 saturated heterocycles. The average Bonchev–Trinajstić information content (AvgIpc) is 3.13. The number of carbonyl (C=O) groups is 1. The number of fused-ring (bicyclic) bond motifs is 1. The van der Waals surface area contributed by atoms with Gasteiger partial charge in [0, 0.05) is 18.1 Å². The highest BCUT2D eigenvalue weighted by Crippen LogP contribution is 2.27. The lowest BCUT2D eigenvalue weighted by atomic mass is 10.0. The van der Waals surface area contributed by atoms with Gasteiger partial charge in [0.1, 0.15) is 0 Å². The summed E-state index contributed by atoms with van der Waals surface area (Å²) >= 11 is 6.52. The Bertz CT molecular complexity index is 1150. The molecule has 7 heteroatoms. The Morgan fingerprint density at radius 3 is 2.59 bits per heavy atom. The van der Waals surface area contributed by atoms with Crippen LogP contribution in [0.25, 0.3) is 11.0 Å². The van der Waals surface area contributed by atoms with Gasteiger partial charge in [-0.1, -0.05) is 43.6 Å². The maximum atomic E-state index is 12.7. The monoisotopic (exact) mass is 405 g/mol. The van der Waals surface area contributed by atoms with Gasteiger partial charge in [0.15, 0.2) is 5.65 Å². The Hall–Kier alpha value is -3.25. The first kappa shape index (κ1) is 19.1. The van der Waals surface area contributed by atoms with Crippen LogP contribution in [0.15, 0.2) is 61.1 Å². The van der Waals surface area contributed by atoms with Gasteiger partial charge in [-0.3, -0.25) is 9.78 Å². The Morgan fingerprint density at radius 2 is 1.90 bits per heavy atom. The minimum atomic E-state index is -0.306. The van der Waals surface area contributed by atoms with E-state index in [0.717, 1.165) is 5.69 Å². The van der Waals surface area contributed by atoms with Gasteiger partial charge in [0.05, 0.1) is 34.4 Å². The van der Waals surface area contributed by atoms with Gasteiger partial charge >= 0.3 is 0 Å². The first-order chi connectivity index (χ1) is 14.0. The molecular formula is C22H20ClN5O. The van der Waals surface area contributed by atoms with Crippen molar-refractivity contribution < 1.29 is 4.79 Å². The molecule has 0 aliphatic rings. The number of nitrogens with zero attached hydrogens (tertiary/aromatic N) is 4. The molecule has 4 rings (SSSR count). The van der Waals surface area contributed by atoms with Crippen molar-refractivity contribution in [2.75, 3.05) is 5.32 Å². The standard InChI is InChI=1S/C22H20ClN5O/c1-14(2)15-6-8-16(9-7-15)27-22(29)19-11-25-21-18(20(19)23)12-26-28(21)13-17-5-3-4-10-24-17/h3-12,14H,13H2,1-2H3,(H,27,29). The quantitative estimate of drug-likeness (QED) is 0.512. The second-order valence-corrected chi connectivity index (χ2v) is 7.46. The zero-order valence-corrected chi connectivity index (χ0v) is 16.9. The lowest BCUT2D eigenvalue weighted by Crippen LogP contribution is -2.13. The maximum Gasteiger partial charge on any atom is 0.258 e. The van der Waals surface area contributed by atoms with Crippen LogP contribution >= 0.6 is 11.6 Å². The lowest BCUT2D eigenvalue weighted by Gasteiger charge is -2.10. The van der Waals surface area contributed by atoms with Crippen LogP contribution in [0.4, 0.5) is 5.69 Å². The van der Waals surface area contributed by atoms with Crippen molar-refractivity contribution in [3.8, 4) is 0 Å². The maximum absolute atomic E-state index is 12.7. The van der Waals surface area contributed by atoms with Crippen LogP contribution in [0.3, 0.4) is 0 Å². The first-order valence-electron chi connectivity index (χ1n) is 9.34. The topological polar surface area (TPSA) is 72.7 Å². The molecule has 146 valence electrons.